The number of rotatable bonds is 20. The minimum atomic E-state index is 0.851. The molecular formula is C46H53N4S2+. The number of aryl methyl sites for hydroxylation is 2. The van der Waals surface area contributed by atoms with Crippen LogP contribution in [0.4, 0.5) is 11.4 Å². The first-order valence-corrected chi connectivity index (χ1v) is 20.8. The molecule has 0 aliphatic carbocycles. The summed E-state index contributed by atoms with van der Waals surface area (Å²) >= 11 is 0. The van der Waals surface area contributed by atoms with E-state index in [1.807, 2.05) is 21.6 Å². The Balaban J connectivity index is 0.914. The summed E-state index contributed by atoms with van der Waals surface area (Å²) in [6, 6.07) is 43.2. The van der Waals surface area contributed by atoms with Crippen LogP contribution >= 0.6 is 21.6 Å². The highest BCUT2D eigenvalue weighted by Crippen LogP contribution is 2.22. The molecule has 0 amide bonds. The Bertz CT molecular complexity index is 1870. The number of nitrogens with zero attached hydrogens (tertiary/aromatic N) is 1. The summed E-state index contributed by atoms with van der Waals surface area (Å²) in [7, 11) is 3.85. The van der Waals surface area contributed by atoms with E-state index in [2.05, 4.69) is 193 Å². The smallest absolute Gasteiger partial charge is 0.179 e. The molecule has 0 atom stereocenters. The molecule has 0 saturated heterocycles. The topological polar surface area (TPSA) is 40.0 Å². The van der Waals surface area contributed by atoms with Crippen LogP contribution in [0.15, 0.2) is 151 Å². The minimum Gasteiger partial charge on any atom is -0.384 e. The summed E-state index contributed by atoms with van der Waals surface area (Å²) in [5, 5.41) is 10.7. The summed E-state index contributed by atoms with van der Waals surface area (Å²) in [6.07, 6.45) is 13.1. The lowest BCUT2D eigenvalue weighted by molar-refractivity contribution is -0.694. The van der Waals surface area contributed by atoms with E-state index in [0.717, 1.165) is 56.2 Å². The van der Waals surface area contributed by atoms with E-state index in [1.54, 1.807) is 0 Å². The Kier molecular flexibility index (Phi) is 16.1. The van der Waals surface area contributed by atoms with Gasteiger partial charge < -0.3 is 16.0 Å². The standard InChI is InChI=1S/C46H52N4S2/c1-4-39(33-37(2)49-35-43-11-7-5-8-12-43)15-16-40-19-23-45(24-20-40)47-28-31-51-52-32-29-48-46-25-21-41(22-26-46)17-18-42-27-30-50(38(3)34-42)36-44-13-9-6-10-14-44/h4-14,17-27,30,33-34,47,49H,15-16,28-29,31-32,35-36H2,1-3H3/p+1. The van der Waals surface area contributed by atoms with E-state index in [1.165, 1.54) is 50.5 Å². The number of nitrogens with one attached hydrogen (secondary N) is 3. The number of anilines is 2. The van der Waals surface area contributed by atoms with Gasteiger partial charge in [-0.05, 0) is 79.3 Å². The zero-order valence-corrected chi connectivity index (χ0v) is 32.5. The normalized spacial score (nSPS) is 11.9. The maximum atomic E-state index is 3.57. The zero-order valence-electron chi connectivity index (χ0n) is 30.9. The van der Waals surface area contributed by atoms with Crippen LogP contribution in [-0.2, 0) is 19.5 Å². The van der Waals surface area contributed by atoms with Crippen LogP contribution in [0.1, 0.15) is 53.8 Å². The Morgan fingerprint density at radius 3 is 1.88 bits per heavy atom. The molecule has 0 unspecified atom stereocenters. The van der Waals surface area contributed by atoms with Crippen molar-refractivity contribution in [1.82, 2.24) is 5.32 Å². The van der Waals surface area contributed by atoms with Crippen LogP contribution in [0.5, 0.6) is 0 Å². The SMILES string of the molecule is CC=C(C=C(C)NCc1ccccc1)CCc1ccc(NCCSSCCNc2ccc(C=Cc3cc[n+](Cc4ccccc4)c(C)c3)cc2)cc1. The van der Waals surface area contributed by atoms with Gasteiger partial charge in [0.25, 0.3) is 0 Å². The average molecular weight is 726 g/mol. The highest BCUT2D eigenvalue weighted by atomic mass is 33.1. The van der Waals surface area contributed by atoms with Crippen molar-refractivity contribution in [2.24, 2.45) is 0 Å². The first kappa shape index (κ1) is 38.6. The van der Waals surface area contributed by atoms with E-state index < -0.39 is 0 Å². The molecule has 3 N–H and O–H groups in total. The fourth-order valence-corrected chi connectivity index (χ4v) is 7.58. The monoisotopic (exact) mass is 725 g/mol. The van der Waals surface area contributed by atoms with Crippen LogP contribution in [0.2, 0.25) is 0 Å². The molecule has 5 rings (SSSR count). The summed E-state index contributed by atoms with van der Waals surface area (Å²) in [5.74, 6) is 2.13. The molecule has 4 nitrogen and oxygen atoms in total. The number of pyridine rings is 1. The number of aromatic nitrogens is 1. The van der Waals surface area contributed by atoms with E-state index >= 15 is 0 Å². The second-order valence-corrected chi connectivity index (χ2v) is 15.6. The molecular weight excluding hydrogens is 673 g/mol. The fraction of sp³-hybridized carbons (Fsp3) is 0.239. The first-order chi connectivity index (χ1) is 25.5. The predicted molar refractivity (Wildman–Crippen MR) is 230 cm³/mol. The van der Waals surface area contributed by atoms with Gasteiger partial charge in [0.15, 0.2) is 18.4 Å². The molecule has 0 aliphatic rings. The lowest BCUT2D eigenvalue weighted by Crippen LogP contribution is -2.37. The summed E-state index contributed by atoms with van der Waals surface area (Å²) in [5.41, 5.74) is 12.5. The third-order valence-electron chi connectivity index (χ3n) is 8.81. The van der Waals surface area contributed by atoms with Crippen molar-refractivity contribution in [2.75, 3.05) is 35.2 Å². The Morgan fingerprint density at radius 2 is 1.27 bits per heavy atom. The number of hydrogen-bond acceptors (Lipinski definition) is 5. The average Bonchev–Trinajstić information content (AvgIpc) is 3.18. The Labute approximate surface area is 320 Å². The predicted octanol–water partition coefficient (Wildman–Crippen LogP) is 11.0. The summed E-state index contributed by atoms with van der Waals surface area (Å²) < 4.78 is 2.29. The van der Waals surface area contributed by atoms with E-state index in [4.69, 9.17) is 0 Å². The molecule has 6 heteroatoms. The van der Waals surface area contributed by atoms with Crippen molar-refractivity contribution in [3.8, 4) is 0 Å². The number of allylic oxidation sites excluding steroid dienone is 4. The highest BCUT2D eigenvalue weighted by molar-refractivity contribution is 8.76. The van der Waals surface area contributed by atoms with Crippen molar-refractivity contribution in [3.05, 3.63) is 184 Å². The van der Waals surface area contributed by atoms with E-state index in [-0.39, 0.29) is 0 Å². The van der Waals surface area contributed by atoms with Gasteiger partial charge in [0.05, 0.1) is 0 Å². The Hall–Kier alpha value is -4.65. The molecule has 1 heterocycles. The van der Waals surface area contributed by atoms with Crippen LogP contribution in [0.25, 0.3) is 12.2 Å². The molecule has 0 fully saturated rings. The summed E-state index contributed by atoms with van der Waals surface area (Å²) in [4.78, 5) is 0. The molecule has 0 radical (unpaired) electrons. The maximum Gasteiger partial charge on any atom is 0.179 e. The van der Waals surface area contributed by atoms with Crippen molar-refractivity contribution in [2.45, 2.75) is 46.7 Å². The van der Waals surface area contributed by atoms with Gasteiger partial charge in [0.1, 0.15) is 0 Å². The van der Waals surface area contributed by atoms with Crippen molar-refractivity contribution >= 4 is 45.1 Å². The molecule has 0 spiro atoms. The molecule has 5 aromatic rings. The van der Waals surface area contributed by atoms with Gasteiger partial charge in [-0.15, -0.1) is 0 Å². The van der Waals surface area contributed by atoms with Crippen LogP contribution < -0.4 is 20.5 Å². The largest absolute Gasteiger partial charge is 0.384 e. The van der Waals surface area contributed by atoms with Gasteiger partial charge >= 0.3 is 0 Å². The maximum absolute atomic E-state index is 3.57. The summed E-state index contributed by atoms with van der Waals surface area (Å²) in [6.45, 7) is 10.1. The van der Waals surface area contributed by atoms with Crippen molar-refractivity contribution in [3.63, 3.8) is 0 Å². The third-order valence-corrected chi connectivity index (χ3v) is 11.2. The van der Waals surface area contributed by atoms with E-state index in [9.17, 15) is 0 Å². The van der Waals surface area contributed by atoms with Gasteiger partial charge in [-0.1, -0.05) is 130 Å². The second-order valence-electron chi connectivity index (χ2n) is 12.9. The molecule has 268 valence electrons. The molecule has 52 heavy (non-hydrogen) atoms. The number of benzene rings is 4. The third kappa shape index (κ3) is 13.8. The van der Waals surface area contributed by atoms with Gasteiger partial charge in [0.2, 0.25) is 0 Å². The van der Waals surface area contributed by atoms with Crippen molar-refractivity contribution in [1.29, 1.82) is 0 Å². The van der Waals surface area contributed by atoms with Crippen LogP contribution in [0.3, 0.4) is 0 Å². The second kappa shape index (κ2) is 21.7. The highest BCUT2D eigenvalue weighted by Gasteiger charge is 2.07. The lowest BCUT2D eigenvalue weighted by atomic mass is 10.0. The molecule has 1 aromatic heterocycles. The van der Waals surface area contributed by atoms with Gasteiger partial charge in [-0.2, -0.15) is 4.57 Å². The zero-order chi connectivity index (χ0) is 36.2. The van der Waals surface area contributed by atoms with Gasteiger partial charge in [0, 0.05) is 72.8 Å². The number of hydrogen-bond donors (Lipinski definition) is 3. The fourth-order valence-electron chi connectivity index (χ4n) is 5.77. The van der Waals surface area contributed by atoms with Crippen LogP contribution in [-0.4, -0.2) is 24.6 Å². The van der Waals surface area contributed by atoms with Gasteiger partial charge in [-0.3, -0.25) is 0 Å². The van der Waals surface area contributed by atoms with Gasteiger partial charge in [-0.25, -0.2) is 0 Å². The minimum absolute atomic E-state index is 0.851. The molecule has 0 saturated carbocycles. The van der Waals surface area contributed by atoms with Crippen molar-refractivity contribution < 1.29 is 4.57 Å². The molecule has 4 aromatic carbocycles. The molecule has 0 bridgehead atoms. The molecule has 0 aliphatic heterocycles. The first-order valence-electron chi connectivity index (χ1n) is 18.3. The Morgan fingerprint density at radius 1 is 0.673 bits per heavy atom. The lowest BCUT2D eigenvalue weighted by Gasteiger charge is -2.10. The van der Waals surface area contributed by atoms with Crippen LogP contribution in [0, 0.1) is 6.92 Å². The van der Waals surface area contributed by atoms with E-state index in [0.29, 0.717) is 0 Å². The quantitative estimate of drug-likeness (QED) is 0.0323.